The van der Waals surface area contributed by atoms with Crippen LogP contribution in [0, 0.1) is 12.8 Å². The molecule has 1 aliphatic carbocycles. The van der Waals surface area contributed by atoms with E-state index in [2.05, 4.69) is 44.3 Å². The van der Waals surface area contributed by atoms with Crippen molar-refractivity contribution in [2.24, 2.45) is 13.0 Å². The van der Waals surface area contributed by atoms with Gasteiger partial charge in [-0.15, -0.1) is 0 Å². The van der Waals surface area contributed by atoms with Crippen LogP contribution in [0.5, 0.6) is 0 Å². The first-order valence-electron chi connectivity index (χ1n) is 8.31. The molecular weight excluding hydrogens is 262 g/mol. The molecule has 1 aromatic heterocycles. The summed E-state index contributed by atoms with van der Waals surface area (Å²) in [6.45, 7) is 7.31. The zero-order chi connectivity index (χ0) is 15.5. The second-order valence-corrected chi connectivity index (χ2v) is 6.65. The summed E-state index contributed by atoms with van der Waals surface area (Å²) in [7, 11) is 4.10. The quantitative estimate of drug-likeness (QED) is 0.876. The smallest absolute Gasteiger partial charge is 0.0840 e. The molecule has 1 fully saturated rings. The van der Waals surface area contributed by atoms with Gasteiger partial charge in [0.25, 0.3) is 0 Å². The standard InChI is InChI=1S/C17H31N3O/c1-6-21-17(9-7-8-13(2)12-17)16(18-4)11-15-10-14(3)19-20(15)5/h10,13,16,18H,6-9,11-12H2,1-5H3. The number of ether oxygens (including phenoxy) is 1. The Morgan fingerprint density at radius 1 is 1.57 bits per heavy atom. The lowest BCUT2D eigenvalue weighted by molar-refractivity contribution is -0.0990. The molecule has 1 saturated carbocycles. The van der Waals surface area contributed by atoms with Gasteiger partial charge >= 0.3 is 0 Å². The second kappa shape index (κ2) is 6.93. The van der Waals surface area contributed by atoms with E-state index in [4.69, 9.17) is 4.74 Å². The Hall–Kier alpha value is -0.870. The number of hydrogen-bond acceptors (Lipinski definition) is 3. The number of likely N-dealkylation sites (N-methyl/N-ethyl adjacent to an activating group) is 1. The fraction of sp³-hybridized carbons (Fsp3) is 0.824. The lowest BCUT2D eigenvalue weighted by Gasteiger charge is -2.45. The van der Waals surface area contributed by atoms with Crippen LogP contribution >= 0.6 is 0 Å². The molecule has 0 bridgehead atoms. The van der Waals surface area contributed by atoms with Crippen molar-refractivity contribution in [3.8, 4) is 0 Å². The van der Waals surface area contributed by atoms with E-state index in [9.17, 15) is 0 Å². The van der Waals surface area contributed by atoms with Gasteiger partial charge in [0.2, 0.25) is 0 Å². The van der Waals surface area contributed by atoms with Gasteiger partial charge in [0.05, 0.1) is 11.3 Å². The molecule has 21 heavy (non-hydrogen) atoms. The molecule has 0 spiro atoms. The Kier molecular flexibility index (Phi) is 5.44. The molecule has 3 unspecified atom stereocenters. The monoisotopic (exact) mass is 293 g/mol. The maximum Gasteiger partial charge on any atom is 0.0840 e. The summed E-state index contributed by atoms with van der Waals surface area (Å²) in [4.78, 5) is 0. The maximum absolute atomic E-state index is 6.32. The summed E-state index contributed by atoms with van der Waals surface area (Å²) in [6.07, 6.45) is 5.89. The third-order valence-corrected chi connectivity index (χ3v) is 4.92. The van der Waals surface area contributed by atoms with Crippen LogP contribution in [0.15, 0.2) is 6.07 Å². The summed E-state index contributed by atoms with van der Waals surface area (Å²) < 4.78 is 8.33. The van der Waals surface area contributed by atoms with Crippen molar-refractivity contribution in [3.63, 3.8) is 0 Å². The number of nitrogens with zero attached hydrogens (tertiary/aromatic N) is 2. The first kappa shape index (κ1) is 16.5. The van der Waals surface area contributed by atoms with E-state index in [1.54, 1.807) is 0 Å². The van der Waals surface area contributed by atoms with Crippen LogP contribution in [0.25, 0.3) is 0 Å². The highest BCUT2D eigenvalue weighted by molar-refractivity contribution is 5.12. The lowest BCUT2D eigenvalue weighted by Crippen LogP contribution is -2.55. The molecule has 0 radical (unpaired) electrons. The Labute approximate surface area is 129 Å². The Bertz CT molecular complexity index is 453. The number of rotatable bonds is 6. The van der Waals surface area contributed by atoms with E-state index >= 15 is 0 Å². The summed E-state index contributed by atoms with van der Waals surface area (Å²) in [5, 5.41) is 8.01. The summed E-state index contributed by atoms with van der Waals surface area (Å²) in [5.41, 5.74) is 2.34. The van der Waals surface area contributed by atoms with Gasteiger partial charge in [-0.3, -0.25) is 4.68 Å². The van der Waals surface area contributed by atoms with Crippen LogP contribution in [-0.4, -0.2) is 35.1 Å². The normalized spacial score (nSPS) is 27.8. The molecule has 1 heterocycles. The molecule has 4 heteroatoms. The minimum Gasteiger partial charge on any atom is -0.374 e. The average molecular weight is 293 g/mol. The first-order valence-corrected chi connectivity index (χ1v) is 8.31. The number of nitrogens with one attached hydrogen (secondary N) is 1. The maximum atomic E-state index is 6.32. The summed E-state index contributed by atoms with van der Waals surface area (Å²) in [6, 6.07) is 2.53. The molecule has 2 rings (SSSR count). The fourth-order valence-corrected chi connectivity index (χ4v) is 3.99. The predicted octanol–water partition coefficient (Wildman–Crippen LogP) is 2.84. The molecular formula is C17H31N3O. The molecule has 3 atom stereocenters. The number of aryl methyl sites for hydroxylation is 2. The van der Waals surface area contributed by atoms with Gasteiger partial charge < -0.3 is 10.1 Å². The highest BCUT2D eigenvalue weighted by atomic mass is 16.5. The van der Waals surface area contributed by atoms with Crippen LogP contribution in [-0.2, 0) is 18.2 Å². The number of hydrogen-bond donors (Lipinski definition) is 1. The van der Waals surface area contributed by atoms with E-state index < -0.39 is 0 Å². The predicted molar refractivity (Wildman–Crippen MR) is 86.5 cm³/mol. The highest BCUT2D eigenvalue weighted by Gasteiger charge is 2.42. The molecule has 0 amide bonds. The van der Waals surface area contributed by atoms with Gasteiger partial charge in [-0.1, -0.05) is 19.8 Å². The minimum absolute atomic E-state index is 0.0284. The van der Waals surface area contributed by atoms with Gasteiger partial charge in [0, 0.05) is 31.8 Å². The molecule has 1 aromatic rings. The summed E-state index contributed by atoms with van der Waals surface area (Å²) in [5.74, 6) is 0.745. The van der Waals surface area contributed by atoms with E-state index in [0.717, 1.165) is 37.5 Å². The van der Waals surface area contributed by atoms with Gasteiger partial charge in [-0.25, -0.2) is 0 Å². The fourth-order valence-electron chi connectivity index (χ4n) is 3.99. The van der Waals surface area contributed by atoms with Crippen molar-refractivity contribution in [2.45, 2.75) is 64.5 Å². The molecule has 0 aromatic carbocycles. The van der Waals surface area contributed by atoms with Gasteiger partial charge in [-0.2, -0.15) is 5.10 Å². The van der Waals surface area contributed by atoms with Crippen molar-refractivity contribution in [3.05, 3.63) is 17.5 Å². The van der Waals surface area contributed by atoms with Crippen molar-refractivity contribution in [2.75, 3.05) is 13.7 Å². The van der Waals surface area contributed by atoms with Crippen LogP contribution in [0.3, 0.4) is 0 Å². The van der Waals surface area contributed by atoms with Crippen molar-refractivity contribution in [1.82, 2.24) is 15.1 Å². The average Bonchev–Trinajstić information content (AvgIpc) is 2.74. The van der Waals surface area contributed by atoms with E-state index in [0.29, 0.717) is 6.04 Å². The van der Waals surface area contributed by atoms with E-state index in [1.807, 2.05) is 11.7 Å². The SMILES string of the molecule is CCOC1(C(Cc2cc(C)nn2C)NC)CCCC(C)C1. The molecule has 1 aliphatic rings. The zero-order valence-corrected chi connectivity index (χ0v) is 14.3. The minimum atomic E-state index is -0.0284. The van der Waals surface area contributed by atoms with Crippen molar-refractivity contribution < 1.29 is 4.74 Å². The molecule has 0 aliphatic heterocycles. The van der Waals surface area contributed by atoms with Gasteiger partial charge in [0.1, 0.15) is 0 Å². The Morgan fingerprint density at radius 2 is 2.33 bits per heavy atom. The highest BCUT2D eigenvalue weighted by Crippen LogP contribution is 2.38. The van der Waals surface area contributed by atoms with Gasteiger partial charge in [0.15, 0.2) is 0 Å². The third kappa shape index (κ3) is 3.67. The molecule has 1 N–H and O–H groups in total. The van der Waals surface area contributed by atoms with Crippen LogP contribution in [0.4, 0.5) is 0 Å². The summed E-state index contributed by atoms with van der Waals surface area (Å²) >= 11 is 0. The third-order valence-electron chi connectivity index (χ3n) is 4.92. The van der Waals surface area contributed by atoms with Crippen LogP contribution in [0.2, 0.25) is 0 Å². The van der Waals surface area contributed by atoms with Crippen LogP contribution in [0.1, 0.15) is 50.9 Å². The Balaban J connectivity index is 2.21. The number of aromatic nitrogens is 2. The van der Waals surface area contributed by atoms with Crippen molar-refractivity contribution >= 4 is 0 Å². The van der Waals surface area contributed by atoms with E-state index in [-0.39, 0.29) is 5.60 Å². The van der Waals surface area contributed by atoms with Gasteiger partial charge in [-0.05, 0) is 45.7 Å². The first-order chi connectivity index (χ1) is 10.0. The lowest BCUT2D eigenvalue weighted by atomic mass is 9.73. The zero-order valence-electron chi connectivity index (χ0n) is 14.3. The largest absolute Gasteiger partial charge is 0.374 e. The van der Waals surface area contributed by atoms with Crippen molar-refractivity contribution in [1.29, 1.82) is 0 Å². The van der Waals surface area contributed by atoms with E-state index in [1.165, 1.54) is 18.5 Å². The second-order valence-electron chi connectivity index (χ2n) is 6.65. The molecule has 120 valence electrons. The Morgan fingerprint density at radius 3 is 2.86 bits per heavy atom. The van der Waals surface area contributed by atoms with Crippen LogP contribution < -0.4 is 5.32 Å². The topological polar surface area (TPSA) is 39.1 Å². The molecule has 0 saturated heterocycles. The molecule has 4 nitrogen and oxygen atoms in total.